The van der Waals surface area contributed by atoms with Crippen LogP contribution in [0.15, 0.2) is 18.2 Å². The molecule has 1 amide bonds. The van der Waals surface area contributed by atoms with Crippen molar-refractivity contribution in [3.63, 3.8) is 0 Å². The third-order valence-corrected chi connectivity index (χ3v) is 3.06. The number of nitro benzene ring substituents is 1. The van der Waals surface area contributed by atoms with Gasteiger partial charge in [0, 0.05) is 22.2 Å². The van der Waals surface area contributed by atoms with Crippen LogP contribution in [-0.2, 0) is 0 Å². The first-order valence-corrected chi connectivity index (χ1v) is 6.04. The van der Waals surface area contributed by atoms with Crippen molar-refractivity contribution < 1.29 is 19.9 Å². The molecule has 0 saturated carbocycles. The van der Waals surface area contributed by atoms with Crippen LogP contribution in [0.1, 0.15) is 10.4 Å². The van der Waals surface area contributed by atoms with Gasteiger partial charge in [0.05, 0.1) is 23.2 Å². The summed E-state index contributed by atoms with van der Waals surface area (Å²) in [6.07, 6.45) is -1.05. The van der Waals surface area contributed by atoms with Crippen molar-refractivity contribution in [1.82, 2.24) is 5.32 Å². The number of amides is 1. The van der Waals surface area contributed by atoms with E-state index in [4.69, 9.17) is 10.2 Å². The topological polar surface area (TPSA) is 113 Å². The third kappa shape index (κ3) is 3.89. The highest BCUT2D eigenvalue weighted by molar-refractivity contribution is 14.1. The lowest BCUT2D eigenvalue weighted by Crippen LogP contribution is -2.34. The summed E-state index contributed by atoms with van der Waals surface area (Å²) in [6, 6.07) is 3.94. The number of hydrogen-bond donors (Lipinski definition) is 3. The molecule has 0 radical (unpaired) electrons. The molecule has 18 heavy (non-hydrogen) atoms. The fourth-order valence-electron chi connectivity index (χ4n) is 1.17. The Morgan fingerprint density at radius 2 is 2.22 bits per heavy atom. The molecule has 3 N–H and O–H groups in total. The first-order chi connectivity index (χ1) is 8.45. The van der Waals surface area contributed by atoms with E-state index in [1.807, 2.05) is 22.6 Å². The molecule has 7 nitrogen and oxygen atoms in total. The largest absolute Gasteiger partial charge is 0.394 e. The van der Waals surface area contributed by atoms with Crippen molar-refractivity contribution in [2.75, 3.05) is 13.2 Å². The second kappa shape index (κ2) is 6.61. The number of hydrogen-bond acceptors (Lipinski definition) is 5. The Morgan fingerprint density at radius 1 is 1.56 bits per heavy atom. The van der Waals surface area contributed by atoms with Gasteiger partial charge in [-0.15, -0.1) is 0 Å². The molecule has 1 aromatic carbocycles. The quantitative estimate of drug-likeness (QED) is 0.394. The van der Waals surface area contributed by atoms with Gasteiger partial charge >= 0.3 is 0 Å². The fraction of sp³-hybridized carbons (Fsp3) is 0.300. The lowest BCUT2D eigenvalue weighted by Gasteiger charge is -2.09. The van der Waals surface area contributed by atoms with E-state index in [0.717, 1.165) is 0 Å². The number of nitrogens with zero attached hydrogens (tertiary/aromatic N) is 1. The summed E-state index contributed by atoms with van der Waals surface area (Å²) >= 11 is 1.89. The molecule has 0 spiro atoms. The predicted molar refractivity (Wildman–Crippen MR) is 71.2 cm³/mol. The first-order valence-electron chi connectivity index (χ1n) is 4.96. The highest BCUT2D eigenvalue weighted by Gasteiger charge is 2.16. The number of carbonyl (C=O) groups excluding carboxylic acids is 1. The van der Waals surface area contributed by atoms with Crippen LogP contribution in [-0.4, -0.2) is 40.3 Å². The molecular formula is C10H11IN2O5. The van der Waals surface area contributed by atoms with Crippen LogP contribution in [0, 0.1) is 13.7 Å². The van der Waals surface area contributed by atoms with Crippen molar-refractivity contribution in [2.24, 2.45) is 0 Å². The van der Waals surface area contributed by atoms with E-state index in [2.05, 4.69) is 5.32 Å². The molecule has 98 valence electrons. The van der Waals surface area contributed by atoms with E-state index in [0.29, 0.717) is 3.57 Å². The Balaban J connectivity index is 2.84. The smallest absolute Gasteiger partial charge is 0.270 e. The minimum Gasteiger partial charge on any atom is -0.394 e. The fourth-order valence-corrected chi connectivity index (χ4v) is 1.75. The number of benzene rings is 1. The summed E-state index contributed by atoms with van der Waals surface area (Å²) in [5.41, 5.74) is -0.0155. The molecule has 1 aromatic rings. The molecule has 0 aromatic heterocycles. The molecule has 1 unspecified atom stereocenters. The van der Waals surface area contributed by atoms with Gasteiger partial charge in [-0.3, -0.25) is 14.9 Å². The molecule has 0 fully saturated rings. The Labute approximate surface area is 116 Å². The molecule has 0 bridgehead atoms. The summed E-state index contributed by atoms with van der Waals surface area (Å²) in [4.78, 5) is 21.7. The maximum atomic E-state index is 11.7. The zero-order chi connectivity index (χ0) is 13.7. The van der Waals surface area contributed by atoms with Crippen LogP contribution < -0.4 is 5.32 Å². The van der Waals surface area contributed by atoms with Gasteiger partial charge in [-0.05, 0) is 28.7 Å². The van der Waals surface area contributed by atoms with Crippen molar-refractivity contribution in [3.05, 3.63) is 37.4 Å². The summed E-state index contributed by atoms with van der Waals surface area (Å²) in [5, 5.41) is 30.7. The zero-order valence-electron chi connectivity index (χ0n) is 9.17. The Bertz CT molecular complexity index is 466. The van der Waals surface area contributed by atoms with Crippen LogP contribution in [0.5, 0.6) is 0 Å². The summed E-state index contributed by atoms with van der Waals surface area (Å²) in [6.45, 7) is -0.583. The van der Waals surface area contributed by atoms with Crippen LogP contribution >= 0.6 is 22.6 Å². The molecule has 1 atom stereocenters. The van der Waals surface area contributed by atoms with Gasteiger partial charge in [0.2, 0.25) is 0 Å². The van der Waals surface area contributed by atoms with Gasteiger partial charge < -0.3 is 15.5 Å². The molecule has 0 aliphatic rings. The molecule has 0 saturated heterocycles. The van der Waals surface area contributed by atoms with E-state index in [9.17, 15) is 14.9 Å². The van der Waals surface area contributed by atoms with Crippen LogP contribution in [0.25, 0.3) is 0 Å². The van der Waals surface area contributed by atoms with E-state index in [1.54, 1.807) is 0 Å². The zero-order valence-corrected chi connectivity index (χ0v) is 11.3. The number of non-ortho nitro benzene ring substituents is 1. The highest BCUT2D eigenvalue weighted by Crippen LogP contribution is 2.19. The van der Waals surface area contributed by atoms with Crippen molar-refractivity contribution in [3.8, 4) is 0 Å². The van der Waals surface area contributed by atoms with Gasteiger partial charge in [0.1, 0.15) is 0 Å². The van der Waals surface area contributed by atoms with Crippen molar-refractivity contribution >= 4 is 34.2 Å². The maximum absolute atomic E-state index is 11.7. The van der Waals surface area contributed by atoms with E-state index >= 15 is 0 Å². The maximum Gasteiger partial charge on any atom is 0.270 e. The molecule has 1 rings (SSSR count). The average molecular weight is 366 g/mol. The van der Waals surface area contributed by atoms with Gasteiger partial charge in [-0.2, -0.15) is 0 Å². The lowest BCUT2D eigenvalue weighted by atomic mass is 10.2. The predicted octanol–water partition coefficient (Wildman–Crippen LogP) is 0.282. The second-order valence-corrected chi connectivity index (χ2v) is 4.63. The van der Waals surface area contributed by atoms with Crippen LogP contribution in [0.3, 0.4) is 0 Å². The molecule has 0 heterocycles. The number of carbonyl (C=O) groups is 1. The van der Waals surface area contributed by atoms with Crippen LogP contribution in [0.4, 0.5) is 5.69 Å². The average Bonchev–Trinajstić information content (AvgIpc) is 2.35. The number of nitro groups is 1. The van der Waals surface area contributed by atoms with Crippen molar-refractivity contribution in [2.45, 2.75) is 6.10 Å². The molecule has 0 aliphatic heterocycles. The number of rotatable bonds is 5. The van der Waals surface area contributed by atoms with Gasteiger partial charge in [-0.1, -0.05) is 0 Å². The lowest BCUT2D eigenvalue weighted by molar-refractivity contribution is -0.384. The standard InChI is InChI=1S/C10H11IN2O5/c11-9-2-1-6(13(17)18)3-8(9)10(16)12-4-7(15)5-14/h1-3,7,14-15H,4-5H2,(H,12,16). The van der Waals surface area contributed by atoms with Gasteiger partial charge in [0.25, 0.3) is 11.6 Å². The van der Waals surface area contributed by atoms with Crippen LogP contribution in [0.2, 0.25) is 0 Å². The summed E-state index contributed by atoms with van der Waals surface area (Å²) in [7, 11) is 0. The van der Waals surface area contributed by atoms with Gasteiger partial charge in [-0.25, -0.2) is 0 Å². The SMILES string of the molecule is O=C(NCC(O)CO)c1cc([N+](=O)[O-])ccc1I. The Kier molecular flexibility index (Phi) is 5.44. The third-order valence-electron chi connectivity index (χ3n) is 2.11. The summed E-state index contributed by atoms with van der Waals surface area (Å²) < 4.78 is 0.564. The number of aliphatic hydroxyl groups is 2. The van der Waals surface area contributed by atoms with E-state index in [-0.39, 0.29) is 17.8 Å². The van der Waals surface area contributed by atoms with Gasteiger partial charge in [0.15, 0.2) is 0 Å². The minimum atomic E-state index is -1.05. The Morgan fingerprint density at radius 3 is 2.78 bits per heavy atom. The molecular weight excluding hydrogens is 355 g/mol. The normalized spacial score (nSPS) is 11.9. The van der Waals surface area contributed by atoms with E-state index < -0.39 is 23.5 Å². The first kappa shape index (κ1) is 14.8. The monoisotopic (exact) mass is 366 g/mol. The molecule has 0 aliphatic carbocycles. The van der Waals surface area contributed by atoms with Crippen molar-refractivity contribution in [1.29, 1.82) is 0 Å². The number of halogens is 1. The minimum absolute atomic E-state index is 0.117. The second-order valence-electron chi connectivity index (χ2n) is 3.47. The number of nitrogens with one attached hydrogen (secondary N) is 1. The van der Waals surface area contributed by atoms with E-state index in [1.165, 1.54) is 18.2 Å². The Hall–Kier alpha value is -1.26. The number of aliphatic hydroxyl groups excluding tert-OH is 2. The summed E-state index contributed by atoms with van der Waals surface area (Å²) in [5.74, 6) is -0.532. The molecule has 8 heteroatoms. The highest BCUT2D eigenvalue weighted by atomic mass is 127.